The molecule has 0 bridgehead atoms. The van der Waals surface area contributed by atoms with E-state index in [1.54, 1.807) is 0 Å². The van der Waals surface area contributed by atoms with E-state index in [1.807, 2.05) is 0 Å². The number of nitrogens with zero attached hydrogens (tertiary/aromatic N) is 1. The molecule has 1 aromatic rings. The number of aromatic nitrogens is 2. The molecule has 2 fully saturated rings. The molecule has 3 heteroatoms. The maximum atomic E-state index is 5.92. The van der Waals surface area contributed by atoms with E-state index in [4.69, 9.17) is 5.73 Å². The van der Waals surface area contributed by atoms with E-state index in [-0.39, 0.29) is 0 Å². The molecule has 2 aliphatic carbocycles. The minimum Gasteiger partial charge on any atom is -0.382 e. The molecular formula is C12H19N3. The number of hydrogen-bond donors (Lipinski definition) is 2. The van der Waals surface area contributed by atoms with Crippen LogP contribution in [0.1, 0.15) is 50.3 Å². The van der Waals surface area contributed by atoms with Crippen LogP contribution in [0.25, 0.3) is 0 Å². The zero-order valence-electron chi connectivity index (χ0n) is 9.51. The van der Waals surface area contributed by atoms with Crippen LogP contribution < -0.4 is 5.73 Å². The van der Waals surface area contributed by atoms with Crippen LogP contribution in [0.2, 0.25) is 0 Å². The number of rotatable bonds is 3. The van der Waals surface area contributed by atoms with Crippen molar-refractivity contribution in [1.29, 1.82) is 0 Å². The largest absolute Gasteiger partial charge is 0.382 e. The minimum atomic E-state index is 0.651. The lowest BCUT2D eigenvalue weighted by molar-refractivity contribution is 0.641. The Kier molecular flexibility index (Phi) is 1.71. The third kappa shape index (κ3) is 1.36. The third-order valence-electron chi connectivity index (χ3n) is 3.97. The maximum Gasteiger partial charge on any atom is 0.148 e. The van der Waals surface area contributed by atoms with Crippen molar-refractivity contribution in [2.75, 3.05) is 5.73 Å². The molecule has 0 aliphatic heterocycles. The summed E-state index contributed by atoms with van der Waals surface area (Å²) in [5.41, 5.74) is 9.24. The second-order valence-corrected chi connectivity index (χ2v) is 5.72. The molecule has 1 heterocycles. The van der Waals surface area contributed by atoms with Crippen molar-refractivity contribution in [3.63, 3.8) is 0 Å². The fourth-order valence-corrected chi connectivity index (χ4v) is 2.77. The highest BCUT2D eigenvalue weighted by molar-refractivity contribution is 5.47. The van der Waals surface area contributed by atoms with E-state index in [0.29, 0.717) is 11.3 Å². The first-order chi connectivity index (χ1) is 7.12. The van der Waals surface area contributed by atoms with Gasteiger partial charge in [-0.15, -0.1) is 0 Å². The summed E-state index contributed by atoms with van der Waals surface area (Å²) in [6, 6.07) is 0. The summed E-state index contributed by atoms with van der Waals surface area (Å²) >= 11 is 0. The molecule has 0 amide bonds. The van der Waals surface area contributed by atoms with Crippen LogP contribution in [0.15, 0.2) is 0 Å². The number of H-pyrrole nitrogens is 1. The van der Waals surface area contributed by atoms with Crippen molar-refractivity contribution in [1.82, 2.24) is 10.2 Å². The molecule has 1 spiro atoms. The molecule has 3 N–H and O–H groups in total. The van der Waals surface area contributed by atoms with Gasteiger partial charge in [-0.2, -0.15) is 5.10 Å². The average molecular weight is 205 g/mol. The van der Waals surface area contributed by atoms with Gasteiger partial charge in [0.15, 0.2) is 0 Å². The van der Waals surface area contributed by atoms with Crippen molar-refractivity contribution in [3.05, 3.63) is 11.3 Å². The molecule has 1 aromatic heterocycles. The van der Waals surface area contributed by atoms with Gasteiger partial charge in [-0.05, 0) is 37.0 Å². The molecule has 3 rings (SSSR count). The molecule has 0 aromatic carbocycles. The Hall–Kier alpha value is -0.990. The molecular weight excluding hydrogens is 186 g/mol. The van der Waals surface area contributed by atoms with Gasteiger partial charge in [0.25, 0.3) is 0 Å². The predicted octanol–water partition coefficient (Wildman–Crippen LogP) is 2.46. The van der Waals surface area contributed by atoms with Gasteiger partial charge in [0.1, 0.15) is 5.82 Å². The predicted molar refractivity (Wildman–Crippen MR) is 60.6 cm³/mol. The van der Waals surface area contributed by atoms with E-state index in [2.05, 4.69) is 24.0 Å². The zero-order chi connectivity index (χ0) is 10.6. The summed E-state index contributed by atoms with van der Waals surface area (Å²) in [6.07, 6.45) is 5.25. The highest BCUT2D eigenvalue weighted by atomic mass is 15.2. The van der Waals surface area contributed by atoms with Crippen LogP contribution >= 0.6 is 0 Å². The molecule has 15 heavy (non-hydrogen) atoms. The molecule has 0 radical (unpaired) electrons. The Bertz CT molecular complexity index is 388. The van der Waals surface area contributed by atoms with E-state index in [1.165, 1.54) is 30.5 Å². The maximum absolute atomic E-state index is 5.92. The number of anilines is 1. The Morgan fingerprint density at radius 2 is 2.27 bits per heavy atom. The zero-order valence-corrected chi connectivity index (χ0v) is 9.51. The number of nitrogens with one attached hydrogen (secondary N) is 1. The smallest absolute Gasteiger partial charge is 0.148 e. The first kappa shape index (κ1) is 9.25. The Labute approximate surface area is 90.4 Å². The SMILES string of the molecule is CC(C)Cc1c(N)n[nH]c1C1CC12CC2. The Morgan fingerprint density at radius 3 is 2.80 bits per heavy atom. The van der Waals surface area contributed by atoms with Gasteiger partial charge in [-0.1, -0.05) is 13.8 Å². The van der Waals surface area contributed by atoms with Gasteiger partial charge < -0.3 is 5.73 Å². The number of hydrogen-bond acceptors (Lipinski definition) is 2. The van der Waals surface area contributed by atoms with Crippen LogP contribution in [0.3, 0.4) is 0 Å². The van der Waals surface area contributed by atoms with E-state index >= 15 is 0 Å². The second-order valence-electron chi connectivity index (χ2n) is 5.72. The molecule has 82 valence electrons. The quantitative estimate of drug-likeness (QED) is 0.796. The second kappa shape index (κ2) is 2.77. The van der Waals surface area contributed by atoms with Crippen molar-refractivity contribution in [2.45, 2.75) is 45.4 Å². The van der Waals surface area contributed by atoms with Crippen LogP contribution in [-0.2, 0) is 6.42 Å². The van der Waals surface area contributed by atoms with Crippen LogP contribution in [0.4, 0.5) is 5.82 Å². The third-order valence-corrected chi connectivity index (χ3v) is 3.97. The number of aromatic amines is 1. The van der Waals surface area contributed by atoms with Crippen molar-refractivity contribution < 1.29 is 0 Å². The highest BCUT2D eigenvalue weighted by Crippen LogP contribution is 2.75. The van der Waals surface area contributed by atoms with Gasteiger partial charge in [-0.25, -0.2) is 0 Å². The lowest BCUT2D eigenvalue weighted by atomic mass is 10.00. The van der Waals surface area contributed by atoms with E-state index in [0.717, 1.165) is 18.2 Å². The van der Waals surface area contributed by atoms with Crippen molar-refractivity contribution in [2.24, 2.45) is 11.3 Å². The van der Waals surface area contributed by atoms with Crippen LogP contribution in [0.5, 0.6) is 0 Å². The standard InChI is InChI=1S/C12H19N3/c1-7(2)5-8-10(14-15-11(8)13)9-6-12(9)3-4-12/h7,9H,3-6H2,1-2H3,(H3,13,14,15). The number of nitrogens with two attached hydrogens (primary N) is 1. The minimum absolute atomic E-state index is 0.651. The first-order valence-corrected chi connectivity index (χ1v) is 5.95. The summed E-state index contributed by atoms with van der Waals surface area (Å²) in [4.78, 5) is 0. The Balaban J connectivity index is 1.87. The first-order valence-electron chi connectivity index (χ1n) is 5.95. The Morgan fingerprint density at radius 1 is 1.53 bits per heavy atom. The van der Waals surface area contributed by atoms with Crippen molar-refractivity contribution in [3.8, 4) is 0 Å². The lowest BCUT2D eigenvalue weighted by Crippen LogP contribution is -2.00. The van der Waals surface area contributed by atoms with Gasteiger partial charge >= 0.3 is 0 Å². The fourth-order valence-electron chi connectivity index (χ4n) is 2.77. The number of nitrogen functional groups attached to an aromatic ring is 1. The van der Waals surface area contributed by atoms with Gasteiger partial charge in [0, 0.05) is 17.2 Å². The highest BCUT2D eigenvalue weighted by Gasteiger charge is 2.64. The van der Waals surface area contributed by atoms with E-state index < -0.39 is 0 Å². The summed E-state index contributed by atoms with van der Waals surface area (Å²) in [5, 5.41) is 7.34. The molecule has 0 saturated heterocycles. The van der Waals surface area contributed by atoms with Gasteiger partial charge in [-0.3, -0.25) is 5.10 Å². The van der Waals surface area contributed by atoms with E-state index in [9.17, 15) is 0 Å². The normalized spacial score (nSPS) is 26.2. The molecule has 2 saturated carbocycles. The topological polar surface area (TPSA) is 54.7 Å². The monoisotopic (exact) mass is 205 g/mol. The lowest BCUT2D eigenvalue weighted by Gasteiger charge is -2.06. The average Bonchev–Trinajstić information content (AvgIpc) is 3.05. The summed E-state index contributed by atoms with van der Waals surface area (Å²) in [5.74, 6) is 2.12. The van der Waals surface area contributed by atoms with Crippen molar-refractivity contribution >= 4 is 5.82 Å². The summed E-state index contributed by atoms with van der Waals surface area (Å²) in [6.45, 7) is 4.46. The summed E-state index contributed by atoms with van der Waals surface area (Å²) < 4.78 is 0. The van der Waals surface area contributed by atoms with Crippen LogP contribution in [0, 0.1) is 11.3 Å². The molecule has 2 aliphatic rings. The van der Waals surface area contributed by atoms with Crippen LogP contribution in [-0.4, -0.2) is 10.2 Å². The fraction of sp³-hybridized carbons (Fsp3) is 0.750. The molecule has 3 nitrogen and oxygen atoms in total. The molecule has 1 unspecified atom stereocenters. The molecule has 1 atom stereocenters. The van der Waals surface area contributed by atoms with Gasteiger partial charge in [0.2, 0.25) is 0 Å². The van der Waals surface area contributed by atoms with Gasteiger partial charge in [0.05, 0.1) is 0 Å². The summed E-state index contributed by atoms with van der Waals surface area (Å²) in [7, 11) is 0.